The Hall–Kier alpha value is -2.65. The van der Waals surface area contributed by atoms with Crippen molar-refractivity contribution in [3.8, 4) is 6.07 Å². The smallest absolute Gasteiger partial charge is 0.266 e. The predicted octanol–water partition coefficient (Wildman–Crippen LogP) is 6.25. The van der Waals surface area contributed by atoms with Crippen LogP contribution in [-0.4, -0.2) is 18.0 Å². The summed E-state index contributed by atoms with van der Waals surface area (Å²) < 4.78 is 15.9. The molecular weight excluding hydrogens is 445 g/mol. The van der Waals surface area contributed by atoms with E-state index in [1.807, 2.05) is 6.07 Å². The summed E-state index contributed by atoms with van der Waals surface area (Å²) in [6.07, 6.45) is 2.27. The lowest BCUT2D eigenvalue weighted by molar-refractivity contribution is -0.112. The fourth-order valence-electron chi connectivity index (χ4n) is 4.27. The maximum Gasteiger partial charge on any atom is 0.266 e. The van der Waals surface area contributed by atoms with Crippen LogP contribution >= 0.6 is 15.9 Å². The Labute approximate surface area is 185 Å². The maximum atomic E-state index is 15.0. The molecule has 1 heterocycles. The van der Waals surface area contributed by atoms with Crippen LogP contribution < -0.4 is 10.2 Å². The number of nitrogens with zero attached hydrogens (tertiary/aromatic N) is 2. The fraction of sp³-hybridized carbons (Fsp3) is 0.333. The van der Waals surface area contributed by atoms with Gasteiger partial charge in [-0.25, -0.2) is 4.39 Å². The van der Waals surface area contributed by atoms with Crippen LogP contribution in [0.4, 0.5) is 15.8 Å². The molecule has 156 valence electrons. The first-order chi connectivity index (χ1) is 14.2. The molecule has 1 unspecified atom stereocenters. The molecule has 2 aromatic carbocycles. The zero-order valence-electron chi connectivity index (χ0n) is 17.6. The molecule has 1 amide bonds. The molecule has 0 radical (unpaired) electrons. The van der Waals surface area contributed by atoms with Crippen LogP contribution in [0.3, 0.4) is 0 Å². The van der Waals surface area contributed by atoms with Gasteiger partial charge in [-0.15, -0.1) is 0 Å². The fourth-order valence-corrected chi connectivity index (χ4v) is 4.53. The van der Waals surface area contributed by atoms with E-state index in [0.717, 1.165) is 28.7 Å². The Morgan fingerprint density at radius 2 is 2.03 bits per heavy atom. The molecule has 2 aromatic rings. The molecular formula is C24H25BrFN3O. The Kier molecular flexibility index (Phi) is 6.33. The minimum absolute atomic E-state index is 0.0622. The summed E-state index contributed by atoms with van der Waals surface area (Å²) in [6, 6.07) is 12.2. The van der Waals surface area contributed by atoms with Gasteiger partial charge in [0.05, 0.1) is 0 Å². The van der Waals surface area contributed by atoms with Gasteiger partial charge in [-0.1, -0.05) is 22.9 Å². The number of amides is 1. The quantitative estimate of drug-likeness (QED) is 0.425. The van der Waals surface area contributed by atoms with Gasteiger partial charge < -0.3 is 10.2 Å². The summed E-state index contributed by atoms with van der Waals surface area (Å²) in [7, 11) is 0. The van der Waals surface area contributed by atoms with Crippen LogP contribution in [0.2, 0.25) is 0 Å². The molecule has 0 saturated carbocycles. The average Bonchev–Trinajstić information content (AvgIpc) is 2.68. The first-order valence-corrected chi connectivity index (χ1v) is 10.8. The lowest BCUT2D eigenvalue weighted by Crippen LogP contribution is -2.48. The van der Waals surface area contributed by atoms with E-state index in [-0.39, 0.29) is 22.6 Å². The number of carbonyl (C=O) groups is 1. The summed E-state index contributed by atoms with van der Waals surface area (Å²) in [6.45, 7) is 9.31. The molecule has 0 spiro atoms. The number of rotatable bonds is 4. The van der Waals surface area contributed by atoms with Crippen molar-refractivity contribution in [2.75, 3.05) is 16.8 Å². The van der Waals surface area contributed by atoms with Gasteiger partial charge in [0, 0.05) is 33.5 Å². The summed E-state index contributed by atoms with van der Waals surface area (Å²) >= 11 is 3.34. The lowest BCUT2D eigenvalue weighted by Gasteiger charge is -2.47. The maximum absolute atomic E-state index is 15.0. The molecule has 6 heteroatoms. The highest BCUT2D eigenvalue weighted by Gasteiger charge is 2.36. The number of carbonyl (C=O) groups excluding carboxylic acids is 1. The highest BCUT2D eigenvalue weighted by atomic mass is 79.9. The van der Waals surface area contributed by atoms with Crippen molar-refractivity contribution in [1.29, 1.82) is 5.26 Å². The molecule has 1 aliphatic rings. The molecule has 1 aliphatic heterocycles. The Morgan fingerprint density at radius 1 is 1.37 bits per heavy atom. The van der Waals surface area contributed by atoms with Crippen molar-refractivity contribution in [2.45, 2.75) is 45.6 Å². The standard InChI is InChI=1S/C24H25BrFN3O/c1-5-29-22-12-21(26)16(11-20(22)15(2)13-24(29,3)4)10-17(14-27)23(30)28-19-8-6-18(25)7-9-19/h6-12,15H,5,13H2,1-4H3,(H,28,30)/b17-10+. The number of nitriles is 1. The monoisotopic (exact) mass is 469 g/mol. The van der Waals surface area contributed by atoms with Crippen LogP contribution in [0.5, 0.6) is 0 Å². The third kappa shape index (κ3) is 4.41. The highest BCUT2D eigenvalue weighted by molar-refractivity contribution is 9.10. The van der Waals surface area contributed by atoms with Crippen molar-refractivity contribution in [1.82, 2.24) is 0 Å². The van der Waals surface area contributed by atoms with E-state index in [2.05, 4.69) is 53.8 Å². The van der Waals surface area contributed by atoms with Crippen LogP contribution in [0.25, 0.3) is 6.08 Å². The lowest BCUT2D eigenvalue weighted by atomic mass is 9.79. The summed E-state index contributed by atoms with van der Waals surface area (Å²) in [5.41, 5.74) is 2.52. The first kappa shape index (κ1) is 22.0. The van der Waals surface area contributed by atoms with Gasteiger partial charge in [-0.05, 0) is 81.1 Å². The van der Waals surface area contributed by atoms with Crippen LogP contribution in [0, 0.1) is 17.1 Å². The second-order valence-electron chi connectivity index (χ2n) is 8.23. The Balaban J connectivity index is 1.96. The average molecular weight is 470 g/mol. The number of hydrogen-bond acceptors (Lipinski definition) is 3. The van der Waals surface area contributed by atoms with E-state index >= 15 is 0 Å². The van der Waals surface area contributed by atoms with Crippen LogP contribution in [0.15, 0.2) is 46.4 Å². The third-order valence-corrected chi connectivity index (χ3v) is 6.12. The van der Waals surface area contributed by atoms with Crippen LogP contribution in [0.1, 0.15) is 51.2 Å². The summed E-state index contributed by atoms with van der Waals surface area (Å²) in [4.78, 5) is 14.7. The molecule has 3 rings (SSSR count). The van der Waals surface area contributed by atoms with Gasteiger partial charge in [0.25, 0.3) is 5.91 Å². The molecule has 0 aliphatic carbocycles. The molecule has 0 aromatic heterocycles. The zero-order chi connectivity index (χ0) is 22.1. The van der Waals surface area contributed by atoms with Gasteiger partial charge in [0.1, 0.15) is 17.5 Å². The van der Waals surface area contributed by atoms with E-state index in [1.54, 1.807) is 30.3 Å². The normalized spacial score (nSPS) is 17.8. The van der Waals surface area contributed by atoms with Gasteiger partial charge in [0.15, 0.2) is 0 Å². The van der Waals surface area contributed by atoms with Crippen molar-refractivity contribution in [3.63, 3.8) is 0 Å². The van der Waals surface area contributed by atoms with Gasteiger partial charge in [0.2, 0.25) is 0 Å². The molecule has 30 heavy (non-hydrogen) atoms. The minimum atomic E-state index is -0.568. The molecule has 0 fully saturated rings. The van der Waals surface area contributed by atoms with E-state index in [9.17, 15) is 14.4 Å². The summed E-state index contributed by atoms with van der Waals surface area (Å²) in [5, 5.41) is 12.2. The molecule has 1 N–H and O–H groups in total. The first-order valence-electron chi connectivity index (χ1n) is 9.96. The van der Waals surface area contributed by atoms with Crippen molar-refractivity contribution in [2.24, 2.45) is 0 Å². The topological polar surface area (TPSA) is 56.1 Å². The number of anilines is 2. The Morgan fingerprint density at radius 3 is 2.63 bits per heavy atom. The van der Waals surface area contributed by atoms with Crippen LogP contribution in [-0.2, 0) is 4.79 Å². The number of halogens is 2. The van der Waals surface area contributed by atoms with Gasteiger partial charge >= 0.3 is 0 Å². The number of fused-ring (bicyclic) bond motifs is 1. The number of benzene rings is 2. The molecule has 4 nitrogen and oxygen atoms in total. The highest BCUT2D eigenvalue weighted by Crippen LogP contribution is 2.44. The second kappa shape index (κ2) is 8.61. The van der Waals surface area contributed by atoms with E-state index in [4.69, 9.17) is 0 Å². The largest absolute Gasteiger partial charge is 0.366 e. The minimum Gasteiger partial charge on any atom is -0.366 e. The molecule has 1 atom stereocenters. The van der Waals surface area contributed by atoms with E-state index < -0.39 is 11.7 Å². The van der Waals surface area contributed by atoms with Gasteiger partial charge in [-0.2, -0.15) is 5.26 Å². The van der Waals surface area contributed by atoms with Crippen molar-refractivity contribution < 1.29 is 9.18 Å². The Bertz CT molecular complexity index is 1040. The number of nitrogens with one attached hydrogen (secondary N) is 1. The van der Waals surface area contributed by atoms with Crippen molar-refractivity contribution in [3.05, 3.63) is 63.4 Å². The zero-order valence-corrected chi connectivity index (χ0v) is 19.2. The van der Waals surface area contributed by atoms with E-state index in [0.29, 0.717) is 5.69 Å². The number of hydrogen-bond donors (Lipinski definition) is 1. The van der Waals surface area contributed by atoms with E-state index in [1.165, 1.54) is 12.1 Å². The molecule has 0 bridgehead atoms. The molecule has 0 saturated heterocycles. The van der Waals surface area contributed by atoms with Crippen molar-refractivity contribution >= 4 is 39.3 Å². The predicted molar refractivity (Wildman–Crippen MR) is 123 cm³/mol. The van der Waals surface area contributed by atoms with Gasteiger partial charge in [-0.3, -0.25) is 4.79 Å². The SMILES string of the molecule is CCN1c2cc(F)c(/C=C(\C#N)C(=O)Nc3ccc(Br)cc3)cc2C(C)CC1(C)C. The summed E-state index contributed by atoms with van der Waals surface area (Å²) in [5.74, 6) is -0.768. The second-order valence-corrected chi connectivity index (χ2v) is 9.14. The third-order valence-electron chi connectivity index (χ3n) is 5.59.